The van der Waals surface area contributed by atoms with Gasteiger partial charge in [-0.3, -0.25) is 4.79 Å². The highest BCUT2D eigenvalue weighted by molar-refractivity contribution is 5.78. The zero-order valence-corrected chi connectivity index (χ0v) is 15.4. The van der Waals surface area contributed by atoms with Crippen LogP contribution in [0.2, 0.25) is 0 Å². The van der Waals surface area contributed by atoms with Crippen LogP contribution < -0.4 is 0 Å². The van der Waals surface area contributed by atoms with Gasteiger partial charge in [0.1, 0.15) is 12.4 Å². The molecule has 0 N–H and O–H groups in total. The van der Waals surface area contributed by atoms with Crippen LogP contribution in [0.3, 0.4) is 0 Å². The number of benzene rings is 1. The van der Waals surface area contributed by atoms with Crippen molar-refractivity contribution >= 4 is 5.97 Å². The van der Waals surface area contributed by atoms with Gasteiger partial charge in [-0.2, -0.15) is 0 Å². The Morgan fingerprint density at radius 2 is 1.92 bits per heavy atom. The van der Waals surface area contributed by atoms with Gasteiger partial charge in [-0.1, -0.05) is 55.8 Å². The lowest BCUT2D eigenvalue weighted by molar-refractivity contribution is -0.147. The van der Waals surface area contributed by atoms with Crippen LogP contribution >= 0.6 is 0 Å². The monoisotopic (exact) mass is 338 g/mol. The van der Waals surface area contributed by atoms with E-state index in [9.17, 15) is 4.79 Å². The largest absolute Gasteiger partial charge is 0.469 e. The van der Waals surface area contributed by atoms with Gasteiger partial charge in [0, 0.05) is 12.0 Å². The first-order chi connectivity index (χ1) is 11.9. The van der Waals surface area contributed by atoms with E-state index in [1.165, 1.54) is 11.1 Å². The summed E-state index contributed by atoms with van der Waals surface area (Å²) in [6.07, 6.45) is 4.60. The first-order valence-corrected chi connectivity index (χ1v) is 8.80. The van der Waals surface area contributed by atoms with Gasteiger partial charge in [0.2, 0.25) is 0 Å². The summed E-state index contributed by atoms with van der Waals surface area (Å²) in [5.74, 6) is 1.01. The van der Waals surface area contributed by atoms with E-state index in [2.05, 4.69) is 45.9 Å². The second-order valence-corrected chi connectivity index (χ2v) is 7.76. The molecule has 3 rings (SSSR count). The van der Waals surface area contributed by atoms with Crippen molar-refractivity contribution in [2.24, 2.45) is 17.3 Å². The fourth-order valence-corrected chi connectivity index (χ4v) is 3.43. The predicted molar refractivity (Wildman–Crippen MR) is 97.9 cm³/mol. The van der Waals surface area contributed by atoms with Crippen molar-refractivity contribution in [2.45, 2.75) is 40.7 Å². The summed E-state index contributed by atoms with van der Waals surface area (Å²) in [5.41, 5.74) is 3.33. The van der Waals surface area contributed by atoms with Gasteiger partial charge >= 0.3 is 5.97 Å². The van der Waals surface area contributed by atoms with Crippen molar-refractivity contribution < 1.29 is 13.9 Å². The number of esters is 1. The SMILES string of the molecule is CC(C)=CC1[C@@H](C(=O)OCc2coc(Cc3ccccc3)c2)C1(C)C. The highest BCUT2D eigenvalue weighted by Crippen LogP contribution is 2.59. The second kappa shape index (κ2) is 6.91. The zero-order chi connectivity index (χ0) is 18.0. The number of furan rings is 1. The minimum atomic E-state index is -0.113. The zero-order valence-electron chi connectivity index (χ0n) is 15.4. The molecule has 1 aliphatic rings. The summed E-state index contributed by atoms with van der Waals surface area (Å²) in [7, 11) is 0. The third-order valence-electron chi connectivity index (χ3n) is 4.99. The molecule has 1 saturated carbocycles. The Morgan fingerprint density at radius 3 is 2.60 bits per heavy atom. The predicted octanol–water partition coefficient (Wildman–Crippen LogP) is 5.15. The van der Waals surface area contributed by atoms with Crippen LogP contribution in [0.1, 0.15) is 44.6 Å². The van der Waals surface area contributed by atoms with Crippen LogP contribution in [0, 0.1) is 17.3 Å². The summed E-state index contributed by atoms with van der Waals surface area (Å²) < 4.78 is 11.1. The van der Waals surface area contributed by atoms with E-state index in [0.29, 0.717) is 0 Å². The van der Waals surface area contributed by atoms with E-state index in [4.69, 9.17) is 9.15 Å². The van der Waals surface area contributed by atoms with E-state index in [1.54, 1.807) is 6.26 Å². The van der Waals surface area contributed by atoms with Gasteiger partial charge in [0.15, 0.2) is 0 Å². The highest BCUT2D eigenvalue weighted by atomic mass is 16.5. The molecule has 1 unspecified atom stereocenters. The molecule has 1 aromatic carbocycles. The molecule has 0 radical (unpaired) electrons. The molecule has 2 aromatic rings. The van der Waals surface area contributed by atoms with E-state index < -0.39 is 0 Å². The van der Waals surface area contributed by atoms with Crippen LogP contribution in [0.4, 0.5) is 0 Å². The van der Waals surface area contributed by atoms with Crippen LogP contribution in [0.25, 0.3) is 0 Å². The molecule has 3 heteroatoms. The lowest BCUT2D eigenvalue weighted by Crippen LogP contribution is -2.10. The van der Waals surface area contributed by atoms with Crippen LogP contribution in [-0.4, -0.2) is 5.97 Å². The molecular weight excluding hydrogens is 312 g/mol. The fraction of sp³-hybridized carbons (Fsp3) is 0.409. The Bertz CT molecular complexity index is 764. The fourth-order valence-electron chi connectivity index (χ4n) is 3.43. The minimum Gasteiger partial charge on any atom is -0.469 e. The number of hydrogen-bond donors (Lipinski definition) is 0. The Balaban J connectivity index is 1.54. The van der Waals surface area contributed by atoms with Gasteiger partial charge in [-0.25, -0.2) is 0 Å². The normalized spacial score (nSPS) is 20.8. The van der Waals surface area contributed by atoms with Crippen molar-refractivity contribution in [3.63, 3.8) is 0 Å². The molecule has 0 saturated heterocycles. The maximum atomic E-state index is 12.4. The molecule has 0 bridgehead atoms. The smallest absolute Gasteiger partial charge is 0.310 e. The standard InChI is InChI=1S/C22H26O3/c1-15(2)10-19-20(22(19,3)4)21(23)25-14-17-12-18(24-13-17)11-16-8-6-5-7-9-16/h5-10,12-13,19-20H,11,14H2,1-4H3/t19?,20-/m0/s1. The van der Waals surface area contributed by atoms with Crippen molar-refractivity contribution in [3.05, 3.63) is 71.2 Å². The number of rotatable bonds is 6. The summed E-state index contributed by atoms with van der Waals surface area (Å²) in [4.78, 5) is 12.4. The highest BCUT2D eigenvalue weighted by Gasteiger charge is 2.61. The van der Waals surface area contributed by atoms with Crippen LogP contribution in [0.15, 0.2) is 58.7 Å². The van der Waals surface area contributed by atoms with Crippen LogP contribution in [0.5, 0.6) is 0 Å². The van der Waals surface area contributed by atoms with E-state index in [1.807, 2.05) is 24.3 Å². The third kappa shape index (κ3) is 4.04. The Hall–Kier alpha value is -2.29. The van der Waals surface area contributed by atoms with E-state index in [-0.39, 0.29) is 29.8 Å². The maximum Gasteiger partial charge on any atom is 0.310 e. The topological polar surface area (TPSA) is 39.4 Å². The molecule has 1 heterocycles. The van der Waals surface area contributed by atoms with Gasteiger partial charge in [0.25, 0.3) is 0 Å². The van der Waals surface area contributed by atoms with Gasteiger partial charge < -0.3 is 9.15 Å². The summed E-state index contributed by atoms with van der Waals surface area (Å²) in [5, 5.41) is 0. The average molecular weight is 338 g/mol. The summed E-state index contributed by atoms with van der Waals surface area (Å²) in [6.45, 7) is 8.65. The van der Waals surface area contributed by atoms with Gasteiger partial charge in [0.05, 0.1) is 12.2 Å². The second-order valence-electron chi connectivity index (χ2n) is 7.76. The van der Waals surface area contributed by atoms with Crippen molar-refractivity contribution in [1.82, 2.24) is 0 Å². The molecule has 3 nitrogen and oxygen atoms in total. The third-order valence-corrected chi connectivity index (χ3v) is 4.99. The lowest BCUT2D eigenvalue weighted by Gasteiger charge is -2.03. The van der Waals surface area contributed by atoms with Crippen molar-refractivity contribution in [1.29, 1.82) is 0 Å². The van der Waals surface area contributed by atoms with Crippen molar-refractivity contribution in [3.8, 4) is 0 Å². The Morgan fingerprint density at radius 1 is 1.20 bits per heavy atom. The summed E-state index contributed by atoms with van der Waals surface area (Å²) >= 11 is 0. The van der Waals surface area contributed by atoms with E-state index >= 15 is 0 Å². The molecular formula is C22H26O3. The molecule has 132 valence electrons. The molecule has 25 heavy (non-hydrogen) atoms. The Labute approximate surface area is 149 Å². The number of allylic oxidation sites excluding steroid dienone is 2. The first kappa shape index (κ1) is 17.5. The molecule has 0 amide bonds. The Kier molecular flexibility index (Phi) is 4.85. The molecule has 0 spiro atoms. The summed E-state index contributed by atoms with van der Waals surface area (Å²) in [6, 6.07) is 12.1. The minimum absolute atomic E-state index is 0.0107. The molecule has 2 atom stereocenters. The number of carbonyl (C=O) groups excluding carboxylic acids is 1. The number of carbonyl (C=O) groups is 1. The van der Waals surface area contributed by atoms with E-state index in [0.717, 1.165) is 17.7 Å². The number of hydrogen-bond acceptors (Lipinski definition) is 3. The maximum absolute atomic E-state index is 12.4. The average Bonchev–Trinajstić information content (AvgIpc) is 2.90. The van der Waals surface area contributed by atoms with Gasteiger partial charge in [-0.05, 0) is 36.8 Å². The van der Waals surface area contributed by atoms with Crippen LogP contribution in [-0.2, 0) is 22.6 Å². The lowest BCUT2D eigenvalue weighted by atomic mass is 10.1. The quantitative estimate of drug-likeness (QED) is 0.540. The van der Waals surface area contributed by atoms with Crippen molar-refractivity contribution in [2.75, 3.05) is 0 Å². The number of ether oxygens (including phenoxy) is 1. The van der Waals surface area contributed by atoms with Gasteiger partial charge in [-0.15, -0.1) is 0 Å². The molecule has 1 aliphatic carbocycles. The molecule has 0 aliphatic heterocycles. The first-order valence-electron chi connectivity index (χ1n) is 8.80. The molecule has 1 aromatic heterocycles. The molecule has 1 fully saturated rings.